The molecule has 0 aromatic rings. The zero-order valence-electron chi connectivity index (χ0n) is 10.8. The first kappa shape index (κ1) is 19.9. The van der Waals surface area contributed by atoms with Gasteiger partial charge in [0.15, 0.2) is 5.60 Å². The van der Waals surface area contributed by atoms with Crippen molar-refractivity contribution in [2.45, 2.75) is 18.4 Å². The molecule has 0 bridgehead atoms. The molecule has 1 atom stereocenters. The van der Waals surface area contributed by atoms with Crippen LogP contribution in [0.15, 0.2) is 0 Å². The number of carboxylic acid groups (broad SMARTS) is 2. The summed E-state index contributed by atoms with van der Waals surface area (Å²) in [5, 5.41) is 26.1. The third-order valence-corrected chi connectivity index (χ3v) is 1.87. The number of aliphatic carboxylic acids is 2. The summed E-state index contributed by atoms with van der Waals surface area (Å²) in [7, 11) is -5.15. The molecule has 0 spiro atoms. The fourth-order valence-electron chi connectivity index (χ4n) is 0.850. The molecule has 0 saturated carbocycles. The Morgan fingerprint density at radius 3 is 1.89 bits per heavy atom. The minimum absolute atomic E-state index is 0. The maximum Gasteiger partial charge on any atom is 2.00 e. The van der Waals surface area contributed by atoms with Crippen molar-refractivity contribution in [2.75, 3.05) is 0 Å². The van der Waals surface area contributed by atoms with E-state index >= 15 is 0 Å². The van der Waals surface area contributed by atoms with Gasteiger partial charge in [0.1, 0.15) is 0 Å². The normalized spacial score (nSPS) is 13.9. The van der Waals surface area contributed by atoms with Crippen molar-refractivity contribution in [3.63, 3.8) is 0 Å². The molecule has 0 saturated heterocycles. The molecule has 0 heterocycles. The van der Waals surface area contributed by atoms with Crippen molar-refractivity contribution >= 4 is 66.0 Å². The first-order chi connectivity index (χ1) is 7.46. The van der Waals surface area contributed by atoms with Gasteiger partial charge < -0.3 is 22.4 Å². The molecule has 0 fully saturated rings. The Morgan fingerprint density at radius 2 is 1.61 bits per heavy atom. The van der Waals surface area contributed by atoms with Crippen LogP contribution in [0.1, 0.15) is 15.7 Å². The zero-order chi connectivity index (χ0) is 13.9. The Morgan fingerprint density at radius 1 is 1.17 bits per heavy atom. The molecule has 18 heavy (non-hydrogen) atoms. The van der Waals surface area contributed by atoms with Crippen LogP contribution in [0.4, 0.5) is 0 Å². The van der Waals surface area contributed by atoms with E-state index in [2.05, 4.69) is 4.18 Å². The van der Waals surface area contributed by atoms with E-state index in [9.17, 15) is 27.9 Å². The van der Waals surface area contributed by atoms with E-state index in [4.69, 9.17) is 14.8 Å². The van der Waals surface area contributed by atoms with Crippen molar-refractivity contribution in [3.05, 3.63) is 0 Å². The van der Waals surface area contributed by atoms with Crippen molar-refractivity contribution < 1.29 is 49.7 Å². The second-order valence-corrected chi connectivity index (χ2v) is 3.99. The predicted molar refractivity (Wildman–Crippen MR) is 55.1 cm³/mol. The average Bonchev–Trinajstić information content (AvgIpc) is 1.96. The number of hydrogen-bond acceptors (Lipinski definition) is 7. The van der Waals surface area contributed by atoms with Crippen LogP contribution in [-0.2, 0) is 29.0 Å². The quantitative estimate of drug-likeness (QED) is 0.312. The molecular formula is C6H10CaO10S. The number of carboxylic acids is 2. The molecule has 0 radical (unpaired) electrons. The van der Waals surface area contributed by atoms with Crippen LogP contribution in [0.25, 0.3) is 0 Å². The van der Waals surface area contributed by atoms with E-state index in [1.807, 2.05) is 0 Å². The molecule has 0 rings (SSSR count). The van der Waals surface area contributed by atoms with Crippen molar-refractivity contribution in [1.82, 2.24) is 0 Å². The summed E-state index contributed by atoms with van der Waals surface area (Å²) in [4.78, 5) is 31.6. The Balaban J connectivity index is -0.000000427. The number of carbonyl (C=O) groups excluding carboxylic acids is 1. The van der Waals surface area contributed by atoms with Crippen LogP contribution in [0.5, 0.6) is 0 Å². The van der Waals surface area contributed by atoms with Gasteiger partial charge >= 0.3 is 66.0 Å². The van der Waals surface area contributed by atoms with E-state index in [-0.39, 0.29) is 40.6 Å². The molecular weight excluding hydrogens is 304 g/mol. The average molecular weight is 314 g/mol. The first-order valence-electron chi connectivity index (χ1n) is 3.83. The second-order valence-electron chi connectivity index (χ2n) is 2.97. The van der Waals surface area contributed by atoms with Crippen LogP contribution < -0.4 is 0 Å². The van der Waals surface area contributed by atoms with Crippen molar-refractivity contribution in [1.29, 1.82) is 0 Å². The maximum absolute atomic E-state index is 10.8. The molecule has 102 valence electrons. The van der Waals surface area contributed by atoms with Gasteiger partial charge in [0.05, 0.1) is 12.8 Å². The fourth-order valence-corrected chi connectivity index (χ4v) is 1.14. The summed E-state index contributed by atoms with van der Waals surface area (Å²) in [6.45, 7) is 0. The summed E-state index contributed by atoms with van der Waals surface area (Å²) in [6, 6.07) is 0. The van der Waals surface area contributed by atoms with Crippen LogP contribution in [0.3, 0.4) is 0 Å². The predicted octanol–water partition coefficient (Wildman–Crippen LogP) is -2.14. The van der Waals surface area contributed by atoms with Gasteiger partial charge in [0.25, 0.3) is 0 Å². The molecule has 12 heteroatoms. The van der Waals surface area contributed by atoms with E-state index in [1.165, 1.54) is 0 Å². The molecule has 0 aromatic carbocycles. The summed E-state index contributed by atoms with van der Waals surface area (Å²) in [5.74, 6) is -5.58. The molecule has 1 unspecified atom stereocenters. The van der Waals surface area contributed by atoms with Crippen molar-refractivity contribution in [3.8, 4) is 0 Å². The number of rotatable bonds is 6. The Kier molecular flexibility index (Phi) is 7.96. The minimum Gasteiger partial charge on any atom is -1.00 e. The van der Waals surface area contributed by atoms with Gasteiger partial charge in [-0.15, -0.1) is 0 Å². The van der Waals surface area contributed by atoms with Crippen LogP contribution in [0.2, 0.25) is 0 Å². The third-order valence-electron chi connectivity index (χ3n) is 1.48. The van der Waals surface area contributed by atoms with Gasteiger partial charge in [-0.25, -0.2) is 4.79 Å². The number of carbonyl (C=O) groups is 3. The minimum atomic E-state index is -5.15. The molecule has 0 amide bonds. The van der Waals surface area contributed by atoms with E-state index in [1.54, 1.807) is 0 Å². The molecule has 0 aromatic heterocycles. The largest absolute Gasteiger partial charge is 2.00 e. The van der Waals surface area contributed by atoms with Crippen molar-refractivity contribution in [2.24, 2.45) is 0 Å². The second kappa shape index (κ2) is 7.21. The van der Waals surface area contributed by atoms with Crippen LogP contribution in [0, 0.1) is 0 Å². The number of aliphatic hydroxyl groups is 1. The molecule has 0 aliphatic carbocycles. The number of hydrogen-bond donors (Lipinski definition) is 4. The smallest absolute Gasteiger partial charge is 1.00 e. The van der Waals surface area contributed by atoms with E-state index < -0.39 is 46.7 Å². The third kappa shape index (κ3) is 7.79. The maximum atomic E-state index is 10.8. The molecule has 0 aliphatic rings. The van der Waals surface area contributed by atoms with Crippen LogP contribution >= 0.6 is 0 Å². The van der Waals surface area contributed by atoms with E-state index in [0.29, 0.717) is 0 Å². The zero-order valence-corrected chi connectivity index (χ0v) is 11.8. The van der Waals surface area contributed by atoms with Gasteiger partial charge in [-0.3, -0.25) is 14.1 Å². The van der Waals surface area contributed by atoms with Gasteiger partial charge in [0.2, 0.25) is 0 Å². The fraction of sp³-hybridized carbons (Fsp3) is 0.500. The van der Waals surface area contributed by atoms with Gasteiger partial charge in [0, 0.05) is 0 Å². The van der Waals surface area contributed by atoms with E-state index in [0.717, 1.165) is 0 Å². The standard InChI is InChI=1S/C6H8O10S.Ca.2H/c7-3(8)1-6(12,5(10)11)2-4(9)16-17(13,14)15;;;/h12H,1-2H2,(H,7,8)(H,10,11)(H,13,14,15);;;/q;+2;2*-1. The molecule has 4 N–H and O–H groups in total. The van der Waals surface area contributed by atoms with Gasteiger partial charge in [-0.2, -0.15) is 8.42 Å². The molecule has 0 aliphatic heterocycles. The molecule has 10 nitrogen and oxygen atoms in total. The van der Waals surface area contributed by atoms with Gasteiger partial charge in [-0.1, -0.05) is 0 Å². The SMILES string of the molecule is O=C(O)CC(O)(CC(=O)OS(=O)(=O)O)C(=O)O.[Ca+2].[H-].[H-]. The Labute approximate surface area is 133 Å². The van der Waals surface area contributed by atoms with Gasteiger partial charge in [-0.05, 0) is 0 Å². The first-order valence-corrected chi connectivity index (χ1v) is 5.20. The monoisotopic (exact) mass is 314 g/mol. The van der Waals surface area contributed by atoms with Crippen LogP contribution in [-0.4, -0.2) is 89.5 Å². The summed E-state index contributed by atoms with van der Waals surface area (Å²) < 4.78 is 31.6. The Hall–Kier alpha value is -0.460. The summed E-state index contributed by atoms with van der Waals surface area (Å²) >= 11 is 0. The topological polar surface area (TPSA) is 175 Å². The Bertz CT molecular complexity index is 451. The summed E-state index contributed by atoms with van der Waals surface area (Å²) in [6.07, 6.45) is -2.79. The summed E-state index contributed by atoms with van der Waals surface area (Å²) in [5.41, 5.74) is -3.02.